The van der Waals surface area contributed by atoms with Crippen LogP contribution in [0.5, 0.6) is 0 Å². The standard InChI is InChI=1S/C16H19N3O2S/c1-12(18-15(20)16(21)7-10-22-11-16)13-3-5-14(6-4-13)19-9-2-8-17-19/h2-6,8-9,12,21H,7,10-11H2,1H3,(H,18,20). The molecule has 6 heteroatoms. The minimum Gasteiger partial charge on any atom is -0.379 e. The van der Waals surface area contributed by atoms with Crippen LogP contribution >= 0.6 is 11.8 Å². The van der Waals surface area contributed by atoms with Gasteiger partial charge in [0.25, 0.3) is 5.91 Å². The lowest BCUT2D eigenvalue weighted by Gasteiger charge is -2.23. The molecule has 0 saturated carbocycles. The van der Waals surface area contributed by atoms with Crippen molar-refractivity contribution in [3.63, 3.8) is 0 Å². The maximum absolute atomic E-state index is 12.2. The fraction of sp³-hybridized carbons (Fsp3) is 0.375. The smallest absolute Gasteiger partial charge is 0.253 e. The molecule has 2 N–H and O–H groups in total. The molecule has 0 spiro atoms. The molecule has 1 aliphatic rings. The van der Waals surface area contributed by atoms with Crippen molar-refractivity contribution in [3.05, 3.63) is 48.3 Å². The van der Waals surface area contributed by atoms with Gasteiger partial charge in [0, 0.05) is 18.1 Å². The Balaban J connectivity index is 1.67. The van der Waals surface area contributed by atoms with Crippen molar-refractivity contribution in [3.8, 4) is 5.69 Å². The van der Waals surface area contributed by atoms with Crippen molar-refractivity contribution in [2.45, 2.75) is 25.0 Å². The third kappa shape index (κ3) is 3.03. The molecular formula is C16H19N3O2S. The SMILES string of the molecule is CC(NC(=O)C1(O)CCSC1)c1ccc(-n2cccn2)cc1. The lowest BCUT2D eigenvalue weighted by molar-refractivity contribution is -0.137. The van der Waals surface area contributed by atoms with Crippen LogP contribution in [0.15, 0.2) is 42.7 Å². The molecule has 2 atom stereocenters. The summed E-state index contributed by atoms with van der Waals surface area (Å²) in [4.78, 5) is 12.2. The number of amides is 1. The quantitative estimate of drug-likeness (QED) is 0.904. The summed E-state index contributed by atoms with van der Waals surface area (Å²) < 4.78 is 1.78. The van der Waals surface area contributed by atoms with Crippen molar-refractivity contribution in [2.75, 3.05) is 11.5 Å². The summed E-state index contributed by atoms with van der Waals surface area (Å²) in [6, 6.07) is 9.59. The Morgan fingerprint density at radius 1 is 1.45 bits per heavy atom. The Morgan fingerprint density at radius 2 is 2.23 bits per heavy atom. The second-order valence-corrected chi connectivity index (χ2v) is 6.68. The van der Waals surface area contributed by atoms with Crippen LogP contribution < -0.4 is 5.32 Å². The molecule has 5 nitrogen and oxygen atoms in total. The third-order valence-electron chi connectivity index (χ3n) is 3.93. The van der Waals surface area contributed by atoms with Gasteiger partial charge in [0.1, 0.15) is 0 Å². The predicted octanol–water partition coefficient (Wildman–Crippen LogP) is 1.92. The molecule has 2 unspecified atom stereocenters. The van der Waals surface area contributed by atoms with Crippen LogP contribution in [0.2, 0.25) is 0 Å². The lowest BCUT2D eigenvalue weighted by atomic mass is 10.0. The summed E-state index contributed by atoms with van der Waals surface area (Å²) in [5.74, 6) is 1.03. The monoisotopic (exact) mass is 317 g/mol. The van der Waals surface area contributed by atoms with Gasteiger partial charge in [0.15, 0.2) is 5.60 Å². The molecule has 0 aliphatic carbocycles. The molecule has 2 heterocycles. The van der Waals surface area contributed by atoms with E-state index in [-0.39, 0.29) is 11.9 Å². The summed E-state index contributed by atoms with van der Waals surface area (Å²) in [7, 11) is 0. The van der Waals surface area contributed by atoms with E-state index in [0.717, 1.165) is 17.0 Å². The molecule has 1 aromatic carbocycles. The Kier molecular flexibility index (Phi) is 4.22. The first-order valence-corrected chi connectivity index (χ1v) is 8.45. The van der Waals surface area contributed by atoms with Crippen LogP contribution in [0, 0.1) is 0 Å². The van der Waals surface area contributed by atoms with Crippen molar-refractivity contribution < 1.29 is 9.90 Å². The van der Waals surface area contributed by atoms with Crippen LogP contribution in [0.1, 0.15) is 24.9 Å². The number of aromatic nitrogens is 2. The first-order chi connectivity index (χ1) is 10.6. The highest BCUT2D eigenvalue weighted by atomic mass is 32.2. The Labute approximate surface area is 133 Å². The second kappa shape index (κ2) is 6.14. The Bertz CT molecular complexity index is 634. The number of nitrogens with zero attached hydrogens (tertiary/aromatic N) is 2. The van der Waals surface area contributed by atoms with E-state index in [2.05, 4.69) is 10.4 Å². The minimum atomic E-state index is -1.21. The molecule has 22 heavy (non-hydrogen) atoms. The van der Waals surface area contributed by atoms with E-state index in [1.54, 1.807) is 22.6 Å². The molecule has 1 saturated heterocycles. The molecule has 0 radical (unpaired) electrons. The van der Waals surface area contributed by atoms with Gasteiger partial charge < -0.3 is 10.4 Å². The highest BCUT2D eigenvalue weighted by Gasteiger charge is 2.39. The number of nitrogens with one attached hydrogen (secondary N) is 1. The van der Waals surface area contributed by atoms with Gasteiger partial charge >= 0.3 is 0 Å². The lowest BCUT2D eigenvalue weighted by Crippen LogP contribution is -2.47. The first-order valence-electron chi connectivity index (χ1n) is 7.29. The van der Waals surface area contributed by atoms with Crippen LogP contribution in [0.3, 0.4) is 0 Å². The molecular weight excluding hydrogens is 298 g/mol. The van der Waals surface area contributed by atoms with Gasteiger partial charge in [-0.3, -0.25) is 4.79 Å². The van der Waals surface area contributed by atoms with Crippen LogP contribution in [-0.2, 0) is 4.79 Å². The Hall–Kier alpha value is -1.79. The molecule has 1 fully saturated rings. The van der Waals surface area contributed by atoms with Gasteiger partial charge in [0.05, 0.1) is 11.7 Å². The largest absolute Gasteiger partial charge is 0.379 e. The number of carbonyl (C=O) groups is 1. The number of carbonyl (C=O) groups excluding carboxylic acids is 1. The van der Waals surface area contributed by atoms with Crippen LogP contribution in [0.4, 0.5) is 0 Å². The summed E-state index contributed by atoms with van der Waals surface area (Å²) in [6.45, 7) is 1.92. The zero-order valence-electron chi connectivity index (χ0n) is 12.4. The number of rotatable bonds is 4. The van der Waals surface area contributed by atoms with Crippen molar-refractivity contribution in [1.29, 1.82) is 0 Å². The topological polar surface area (TPSA) is 67.2 Å². The average Bonchev–Trinajstić information content (AvgIpc) is 3.19. The van der Waals surface area contributed by atoms with E-state index in [1.807, 2.05) is 43.5 Å². The fourth-order valence-corrected chi connectivity index (χ4v) is 3.72. The van der Waals surface area contributed by atoms with Gasteiger partial charge in [0.2, 0.25) is 0 Å². The van der Waals surface area contributed by atoms with E-state index in [0.29, 0.717) is 12.2 Å². The summed E-state index contributed by atoms with van der Waals surface area (Å²) in [6.07, 6.45) is 4.14. The summed E-state index contributed by atoms with van der Waals surface area (Å²) >= 11 is 1.61. The maximum atomic E-state index is 12.2. The molecule has 0 bridgehead atoms. The van der Waals surface area contributed by atoms with Gasteiger partial charge in [-0.05, 0) is 42.9 Å². The van der Waals surface area contributed by atoms with Crippen molar-refractivity contribution in [2.24, 2.45) is 0 Å². The number of hydrogen-bond donors (Lipinski definition) is 2. The number of aliphatic hydroxyl groups is 1. The first kappa shape index (κ1) is 15.1. The third-order valence-corrected chi connectivity index (χ3v) is 5.11. The average molecular weight is 317 g/mol. The van der Waals surface area contributed by atoms with Crippen molar-refractivity contribution in [1.82, 2.24) is 15.1 Å². The predicted molar refractivity (Wildman–Crippen MR) is 87.0 cm³/mol. The van der Waals surface area contributed by atoms with Crippen molar-refractivity contribution >= 4 is 17.7 Å². The molecule has 1 aromatic heterocycles. The highest BCUT2D eigenvalue weighted by Crippen LogP contribution is 2.28. The van der Waals surface area contributed by atoms with E-state index < -0.39 is 5.60 Å². The zero-order valence-corrected chi connectivity index (χ0v) is 13.2. The number of thioether (sulfide) groups is 1. The summed E-state index contributed by atoms with van der Waals surface area (Å²) in [5.41, 5.74) is 0.755. The molecule has 1 amide bonds. The van der Waals surface area contributed by atoms with Gasteiger partial charge in [-0.2, -0.15) is 16.9 Å². The fourth-order valence-electron chi connectivity index (χ4n) is 2.48. The second-order valence-electron chi connectivity index (χ2n) is 5.57. The normalized spacial score (nSPS) is 22.5. The number of benzene rings is 1. The maximum Gasteiger partial charge on any atom is 0.253 e. The van der Waals surface area contributed by atoms with Gasteiger partial charge in [-0.1, -0.05) is 12.1 Å². The molecule has 116 valence electrons. The van der Waals surface area contributed by atoms with E-state index in [4.69, 9.17) is 0 Å². The molecule has 2 aromatic rings. The zero-order chi connectivity index (χ0) is 15.6. The summed E-state index contributed by atoms with van der Waals surface area (Å²) in [5, 5.41) is 17.4. The van der Waals surface area contributed by atoms with Crippen LogP contribution in [0.25, 0.3) is 5.69 Å². The minimum absolute atomic E-state index is 0.145. The van der Waals surface area contributed by atoms with E-state index >= 15 is 0 Å². The van der Waals surface area contributed by atoms with E-state index in [1.165, 1.54) is 0 Å². The molecule has 3 rings (SSSR count). The molecule has 1 aliphatic heterocycles. The van der Waals surface area contributed by atoms with Gasteiger partial charge in [-0.15, -0.1) is 0 Å². The van der Waals surface area contributed by atoms with Gasteiger partial charge in [-0.25, -0.2) is 4.68 Å². The van der Waals surface area contributed by atoms with Crippen LogP contribution in [-0.4, -0.2) is 37.9 Å². The highest BCUT2D eigenvalue weighted by molar-refractivity contribution is 7.99. The number of hydrogen-bond acceptors (Lipinski definition) is 4. The Morgan fingerprint density at radius 3 is 2.82 bits per heavy atom. The van der Waals surface area contributed by atoms with E-state index in [9.17, 15) is 9.90 Å².